The Bertz CT molecular complexity index is 595. The van der Waals surface area contributed by atoms with Gasteiger partial charge in [-0.3, -0.25) is 4.79 Å². The number of benzene rings is 2. The van der Waals surface area contributed by atoms with Gasteiger partial charge in [-0.25, -0.2) is 0 Å². The van der Waals surface area contributed by atoms with Crippen molar-refractivity contribution in [3.63, 3.8) is 0 Å². The van der Waals surface area contributed by atoms with Crippen LogP contribution in [0.3, 0.4) is 0 Å². The monoisotopic (exact) mass is 286 g/mol. The van der Waals surface area contributed by atoms with Gasteiger partial charge in [0.05, 0.1) is 19.1 Å². The van der Waals surface area contributed by atoms with Crippen molar-refractivity contribution < 1.29 is 19.4 Å². The van der Waals surface area contributed by atoms with Crippen LogP contribution in [0.15, 0.2) is 54.6 Å². The van der Waals surface area contributed by atoms with E-state index in [1.54, 1.807) is 43.3 Å². The summed E-state index contributed by atoms with van der Waals surface area (Å²) in [5, 5.41) is 10.2. The average molecular weight is 286 g/mol. The summed E-state index contributed by atoms with van der Waals surface area (Å²) in [6.45, 7) is 1.63. The number of methoxy groups -OCH3 is 1. The van der Waals surface area contributed by atoms with Crippen LogP contribution in [0.5, 0.6) is 11.5 Å². The lowest BCUT2D eigenvalue weighted by molar-refractivity contribution is -0.142. The van der Waals surface area contributed by atoms with E-state index >= 15 is 0 Å². The molecule has 0 bridgehead atoms. The van der Waals surface area contributed by atoms with Gasteiger partial charge in [-0.1, -0.05) is 42.5 Å². The van der Waals surface area contributed by atoms with Gasteiger partial charge in [-0.05, 0) is 24.6 Å². The summed E-state index contributed by atoms with van der Waals surface area (Å²) >= 11 is 0. The fourth-order valence-corrected chi connectivity index (χ4v) is 1.97. The number of esters is 1. The lowest BCUT2D eigenvalue weighted by Gasteiger charge is -2.18. The largest absolute Gasteiger partial charge is 0.493 e. The van der Waals surface area contributed by atoms with Crippen LogP contribution in [-0.2, 0) is 4.79 Å². The van der Waals surface area contributed by atoms with Gasteiger partial charge in [-0.15, -0.1) is 0 Å². The Hall–Kier alpha value is -2.33. The van der Waals surface area contributed by atoms with E-state index in [0.717, 1.165) is 0 Å². The maximum atomic E-state index is 12.2. The smallest absolute Gasteiger partial charge is 0.317 e. The van der Waals surface area contributed by atoms with Gasteiger partial charge < -0.3 is 14.6 Å². The SMILES string of the molecule is COc1ccccc1OC(=O)[C@H](C)[C@@H](O)c1ccccc1. The van der Waals surface area contributed by atoms with E-state index in [1.165, 1.54) is 7.11 Å². The van der Waals surface area contributed by atoms with Gasteiger partial charge >= 0.3 is 5.97 Å². The standard InChI is InChI=1S/C17H18O4/c1-12(16(18)13-8-4-3-5-9-13)17(19)21-15-11-7-6-10-14(15)20-2/h3-12,16,18H,1-2H3/t12-,16-/m1/s1. The highest BCUT2D eigenvalue weighted by Gasteiger charge is 2.26. The molecular formula is C17H18O4. The van der Waals surface area contributed by atoms with Crippen molar-refractivity contribution in [2.45, 2.75) is 13.0 Å². The molecule has 0 saturated heterocycles. The topological polar surface area (TPSA) is 55.8 Å². The van der Waals surface area contributed by atoms with Crippen LogP contribution in [0.2, 0.25) is 0 Å². The first-order chi connectivity index (χ1) is 10.1. The summed E-state index contributed by atoms with van der Waals surface area (Å²) in [6.07, 6.45) is -0.909. The summed E-state index contributed by atoms with van der Waals surface area (Å²) < 4.78 is 10.4. The van der Waals surface area contributed by atoms with E-state index in [0.29, 0.717) is 17.1 Å². The molecule has 0 aromatic heterocycles. The molecule has 0 fully saturated rings. The molecule has 0 unspecified atom stereocenters. The fourth-order valence-electron chi connectivity index (χ4n) is 1.97. The number of aliphatic hydroxyl groups excluding tert-OH is 1. The van der Waals surface area contributed by atoms with Crippen LogP contribution in [0.1, 0.15) is 18.6 Å². The van der Waals surface area contributed by atoms with E-state index in [1.807, 2.05) is 18.2 Å². The summed E-state index contributed by atoms with van der Waals surface area (Å²) in [6, 6.07) is 15.9. The van der Waals surface area contributed by atoms with Crippen molar-refractivity contribution in [2.75, 3.05) is 7.11 Å². The molecule has 0 aliphatic rings. The van der Waals surface area contributed by atoms with Crippen LogP contribution < -0.4 is 9.47 Å². The Labute approximate surface area is 123 Å². The van der Waals surface area contributed by atoms with Crippen LogP contribution in [-0.4, -0.2) is 18.2 Å². The molecule has 21 heavy (non-hydrogen) atoms. The minimum atomic E-state index is -0.909. The molecule has 0 aliphatic carbocycles. The van der Waals surface area contributed by atoms with Gasteiger partial charge in [0.2, 0.25) is 0 Å². The molecule has 0 heterocycles. The summed E-state index contributed by atoms with van der Waals surface area (Å²) in [4.78, 5) is 12.2. The highest BCUT2D eigenvalue weighted by atomic mass is 16.6. The number of rotatable bonds is 5. The van der Waals surface area contributed by atoms with Crippen molar-refractivity contribution in [2.24, 2.45) is 5.92 Å². The molecule has 2 atom stereocenters. The Kier molecular flexibility index (Phi) is 4.95. The number of aliphatic hydroxyl groups is 1. The maximum absolute atomic E-state index is 12.2. The summed E-state index contributed by atoms with van der Waals surface area (Å²) in [7, 11) is 1.51. The van der Waals surface area contributed by atoms with Crippen LogP contribution >= 0.6 is 0 Å². The number of para-hydroxylation sites is 2. The van der Waals surface area contributed by atoms with Crippen molar-refractivity contribution in [3.8, 4) is 11.5 Å². The number of carbonyl (C=O) groups is 1. The highest BCUT2D eigenvalue weighted by molar-refractivity contribution is 5.76. The Morgan fingerprint density at radius 2 is 1.57 bits per heavy atom. The van der Waals surface area contributed by atoms with Gasteiger partial charge in [0.25, 0.3) is 0 Å². The molecular weight excluding hydrogens is 268 g/mol. The minimum Gasteiger partial charge on any atom is -0.493 e. The Morgan fingerprint density at radius 1 is 1.00 bits per heavy atom. The zero-order chi connectivity index (χ0) is 15.2. The fraction of sp³-hybridized carbons (Fsp3) is 0.235. The first kappa shape index (κ1) is 15.1. The van der Waals surface area contributed by atoms with Crippen LogP contribution in [0, 0.1) is 5.92 Å². The molecule has 2 aromatic rings. The normalized spacial score (nSPS) is 13.3. The predicted octanol–water partition coefficient (Wildman–Crippen LogP) is 2.97. The van der Waals surface area contributed by atoms with E-state index in [-0.39, 0.29) is 0 Å². The molecule has 0 saturated carbocycles. The molecule has 110 valence electrons. The van der Waals surface area contributed by atoms with E-state index in [4.69, 9.17) is 9.47 Å². The van der Waals surface area contributed by atoms with E-state index < -0.39 is 18.0 Å². The zero-order valence-corrected chi connectivity index (χ0v) is 12.0. The molecule has 1 N–H and O–H groups in total. The second-order valence-electron chi connectivity index (χ2n) is 4.72. The molecule has 4 heteroatoms. The average Bonchev–Trinajstić information content (AvgIpc) is 2.54. The third kappa shape index (κ3) is 3.61. The first-order valence-corrected chi connectivity index (χ1v) is 6.71. The van der Waals surface area contributed by atoms with E-state index in [2.05, 4.69) is 0 Å². The van der Waals surface area contributed by atoms with Crippen molar-refractivity contribution >= 4 is 5.97 Å². The van der Waals surface area contributed by atoms with Gasteiger partial charge in [0.15, 0.2) is 11.5 Å². The number of hydrogen-bond acceptors (Lipinski definition) is 4. The van der Waals surface area contributed by atoms with Crippen LogP contribution in [0.4, 0.5) is 0 Å². The summed E-state index contributed by atoms with van der Waals surface area (Å²) in [5.74, 6) is -0.363. The molecule has 2 rings (SSSR count). The van der Waals surface area contributed by atoms with Gasteiger partial charge in [-0.2, -0.15) is 0 Å². The third-order valence-corrected chi connectivity index (χ3v) is 3.27. The first-order valence-electron chi connectivity index (χ1n) is 6.71. The van der Waals surface area contributed by atoms with E-state index in [9.17, 15) is 9.90 Å². The third-order valence-electron chi connectivity index (χ3n) is 3.27. The molecule has 4 nitrogen and oxygen atoms in total. The zero-order valence-electron chi connectivity index (χ0n) is 12.0. The van der Waals surface area contributed by atoms with Crippen molar-refractivity contribution in [1.82, 2.24) is 0 Å². The molecule has 0 spiro atoms. The quantitative estimate of drug-likeness (QED) is 0.678. The van der Waals surface area contributed by atoms with Crippen LogP contribution in [0.25, 0.3) is 0 Å². The van der Waals surface area contributed by atoms with Gasteiger partial charge in [0.1, 0.15) is 0 Å². The number of hydrogen-bond donors (Lipinski definition) is 1. The Balaban J connectivity index is 2.09. The molecule has 0 aliphatic heterocycles. The number of ether oxygens (including phenoxy) is 2. The lowest BCUT2D eigenvalue weighted by atomic mass is 9.98. The summed E-state index contributed by atoms with van der Waals surface area (Å²) in [5.41, 5.74) is 0.682. The predicted molar refractivity (Wildman–Crippen MR) is 79.2 cm³/mol. The van der Waals surface area contributed by atoms with Crippen molar-refractivity contribution in [1.29, 1.82) is 0 Å². The van der Waals surface area contributed by atoms with Crippen molar-refractivity contribution in [3.05, 3.63) is 60.2 Å². The minimum absolute atomic E-state index is 0.345. The molecule has 0 amide bonds. The second-order valence-corrected chi connectivity index (χ2v) is 4.72. The second kappa shape index (κ2) is 6.90. The molecule has 2 aromatic carbocycles. The van der Waals surface area contributed by atoms with Gasteiger partial charge in [0, 0.05) is 0 Å². The lowest BCUT2D eigenvalue weighted by Crippen LogP contribution is -2.24. The highest BCUT2D eigenvalue weighted by Crippen LogP contribution is 2.29. The molecule has 0 radical (unpaired) electrons. The number of carbonyl (C=O) groups excluding carboxylic acids is 1. The Morgan fingerprint density at radius 3 is 2.19 bits per heavy atom. The maximum Gasteiger partial charge on any atom is 0.317 e.